The van der Waals surface area contributed by atoms with E-state index in [1.54, 1.807) is 0 Å². The van der Waals surface area contributed by atoms with Crippen molar-refractivity contribution in [3.05, 3.63) is 69.7 Å². The van der Waals surface area contributed by atoms with Crippen molar-refractivity contribution >= 4 is 27.5 Å². The average Bonchev–Trinajstić information content (AvgIpc) is 2.47. The highest BCUT2D eigenvalue weighted by atomic mass is 79.9. The summed E-state index contributed by atoms with van der Waals surface area (Å²) in [5, 5.41) is -0.121. The molecular formula is C18H20BrCl. The van der Waals surface area contributed by atoms with Crippen LogP contribution in [0.25, 0.3) is 0 Å². The van der Waals surface area contributed by atoms with Crippen LogP contribution in [0.5, 0.6) is 0 Å². The summed E-state index contributed by atoms with van der Waals surface area (Å²) in [6.45, 7) is 6.77. The maximum atomic E-state index is 6.61. The Morgan fingerprint density at radius 1 is 1.05 bits per heavy atom. The third kappa shape index (κ3) is 3.27. The Hall–Kier alpha value is -0.790. The highest BCUT2D eigenvalue weighted by Gasteiger charge is 2.19. The second-order valence-electron chi connectivity index (χ2n) is 5.74. The first kappa shape index (κ1) is 15.6. The predicted molar refractivity (Wildman–Crippen MR) is 91.6 cm³/mol. The van der Waals surface area contributed by atoms with Crippen molar-refractivity contribution in [2.75, 3.05) is 0 Å². The molecule has 2 aromatic rings. The third-order valence-electron chi connectivity index (χ3n) is 4.05. The van der Waals surface area contributed by atoms with E-state index in [2.05, 4.69) is 67.0 Å². The Labute approximate surface area is 135 Å². The second kappa shape index (κ2) is 6.32. The van der Waals surface area contributed by atoms with Crippen molar-refractivity contribution in [3.8, 4) is 0 Å². The van der Waals surface area contributed by atoms with Crippen LogP contribution >= 0.6 is 27.5 Å². The van der Waals surface area contributed by atoms with Gasteiger partial charge in [-0.3, -0.25) is 0 Å². The van der Waals surface area contributed by atoms with E-state index < -0.39 is 0 Å². The van der Waals surface area contributed by atoms with Crippen molar-refractivity contribution in [1.29, 1.82) is 0 Å². The van der Waals surface area contributed by atoms with Crippen LogP contribution in [0.1, 0.15) is 49.3 Å². The fourth-order valence-corrected chi connectivity index (χ4v) is 3.15. The molecule has 0 N–H and O–H groups in total. The van der Waals surface area contributed by atoms with Gasteiger partial charge in [0.1, 0.15) is 0 Å². The predicted octanol–water partition coefficient (Wildman–Crippen LogP) is 6.46. The summed E-state index contributed by atoms with van der Waals surface area (Å²) in [4.78, 5) is 0. The summed E-state index contributed by atoms with van der Waals surface area (Å²) in [5.74, 6) is 0. The molecule has 0 radical (unpaired) electrons. The molecule has 2 heteroatoms. The molecule has 0 amide bonds. The smallest absolute Gasteiger partial charge is 0.0846 e. The molecule has 0 aliphatic heterocycles. The Bertz CT molecular complexity index is 572. The summed E-state index contributed by atoms with van der Waals surface area (Å²) in [6.07, 6.45) is 1.13. The minimum atomic E-state index is -0.121. The number of halogens is 2. The molecule has 0 aliphatic carbocycles. The molecule has 1 atom stereocenters. The van der Waals surface area contributed by atoms with Gasteiger partial charge in [0.15, 0.2) is 0 Å². The van der Waals surface area contributed by atoms with Gasteiger partial charge in [-0.1, -0.05) is 79.2 Å². The highest BCUT2D eigenvalue weighted by molar-refractivity contribution is 9.10. The molecule has 0 fully saturated rings. The van der Waals surface area contributed by atoms with Crippen molar-refractivity contribution in [1.82, 2.24) is 0 Å². The number of rotatable bonds is 4. The summed E-state index contributed by atoms with van der Waals surface area (Å²) >= 11 is 10.2. The van der Waals surface area contributed by atoms with Crippen molar-refractivity contribution < 1.29 is 0 Å². The fraction of sp³-hybridized carbons (Fsp3) is 0.333. The van der Waals surface area contributed by atoms with Gasteiger partial charge in [0.2, 0.25) is 0 Å². The summed E-state index contributed by atoms with van der Waals surface area (Å²) < 4.78 is 1.05. The molecule has 2 aromatic carbocycles. The fourth-order valence-electron chi connectivity index (χ4n) is 2.17. The van der Waals surface area contributed by atoms with Gasteiger partial charge < -0.3 is 0 Å². The molecule has 0 bridgehead atoms. The minimum Gasteiger partial charge on any atom is -0.113 e. The van der Waals surface area contributed by atoms with Crippen LogP contribution in [-0.4, -0.2) is 0 Å². The summed E-state index contributed by atoms with van der Waals surface area (Å²) in [6, 6.07) is 16.8. The number of alkyl halides is 1. The molecule has 2 rings (SSSR count). The lowest BCUT2D eigenvalue weighted by atomic mass is 9.82. The molecule has 0 aliphatic rings. The van der Waals surface area contributed by atoms with Crippen molar-refractivity contribution in [2.45, 2.75) is 38.0 Å². The lowest BCUT2D eigenvalue weighted by molar-refractivity contribution is 0.506. The summed E-state index contributed by atoms with van der Waals surface area (Å²) in [5.41, 5.74) is 3.82. The maximum absolute atomic E-state index is 6.61. The van der Waals surface area contributed by atoms with Crippen LogP contribution in [0.2, 0.25) is 0 Å². The van der Waals surface area contributed by atoms with Crippen LogP contribution in [0.15, 0.2) is 53.0 Å². The Morgan fingerprint density at radius 3 is 2.20 bits per heavy atom. The van der Waals surface area contributed by atoms with E-state index >= 15 is 0 Å². The van der Waals surface area contributed by atoms with Gasteiger partial charge in [-0.05, 0) is 34.6 Å². The lowest BCUT2D eigenvalue weighted by Gasteiger charge is -2.24. The van der Waals surface area contributed by atoms with Crippen LogP contribution in [0.4, 0.5) is 0 Å². The first-order valence-corrected chi connectivity index (χ1v) is 8.17. The Kier molecular flexibility index (Phi) is 4.93. The van der Waals surface area contributed by atoms with Gasteiger partial charge >= 0.3 is 0 Å². The molecule has 0 aromatic heterocycles. The molecule has 0 saturated heterocycles. The van der Waals surface area contributed by atoms with E-state index in [1.165, 1.54) is 5.56 Å². The second-order valence-corrected chi connectivity index (χ2v) is 7.03. The molecule has 1 unspecified atom stereocenters. The van der Waals surface area contributed by atoms with Crippen molar-refractivity contribution in [3.63, 3.8) is 0 Å². The lowest BCUT2D eigenvalue weighted by Crippen LogP contribution is -2.15. The largest absolute Gasteiger partial charge is 0.113 e. The Balaban J connectivity index is 2.29. The van der Waals surface area contributed by atoms with Crippen molar-refractivity contribution in [2.24, 2.45) is 0 Å². The SMILES string of the molecule is CCC(C)(C)c1ccc(C(Cl)c2ccccc2Br)cc1. The number of hydrogen-bond donors (Lipinski definition) is 0. The van der Waals surface area contributed by atoms with E-state index in [1.807, 2.05) is 18.2 Å². The zero-order valence-corrected chi connectivity index (χ0v) is 14.5. The molecular weight excluding hydrogens is 332 g/mol. The standard InChI is InChI=1S/C18H20BrCl/c1-4-18(2,3)14-11-9-13(10-12-14)17(20)15-7-5-6-8-16(15)19/h5-12,17H,4H2,1-3H3. The van der Waals surface area contributed by atoms with Gasteiger partial charge in [0.05, 0.1) is 5.38 Å². The van der Waals surface area contributed by atoms with Crippen LogP contribution in [0.3, 0.4) is 0 Å². The molecule has 0 heterocycles. The topological polar surface area (TPSA) is 0 Å². The maximum Gasteiger partial charge on any atom is 0.0846 e. The van der Waals surface area contributed by atoms with E-state index in [4.69, 9.17) is 11.6 Å². The molecule has 0 saturated carbocycles. The van der Waals surface area contributed by atoms with Crippen LogP contribution in [0, 0.1) is 0 Å². The first-order chi connectivity index (χ1) is 9.45. The van der Waals surface area contributed by atoms with E-state index in [0.717, 1.165) is 22.0 Å². The van der Waals surface area contributed by atoms with E-state index in [-0.39, 0.29) is 10.8 Å². The molecule has 106 valence electrons. The molecule has 0 spiro atoms. The van der Waals surface area contributed by atoms with Crippen LogP contribution in [-0.2, 0) is 5.41 Å². The van der Waals surface area contributed by atoms with Gasteiger partial charge in [0, 0.05) is 4.47 Å². The molecule has 0 nitrogen and oxygen atoms in total. The normalized spacial score (nSPS) is 13.2. The van der Waals surface area contributed by atoms with E-state index in [9.17, 15) is 0 Å². The summed E-state index contributed by atoms with van der Waals surface area (Å²) in [7, 11) is 0. The average molecular weight is 352 g/mol. The highest BCUT2D eigenvalue weighted by Crippen LogP contribution is 2.35. The zero-order chi connectivity index (χ0) is 14.8. The quantitative estimate of drug-likeness (QED) is 0.554. The zero-order valence-electron chi connectivity index (χ0n) is 12.2. The van der Waals surface area contributed by atoms with Gasteiger partial charge in [-0.2, -0.15) is 0 Å². The third-order valence-corrected chi connectivity index (χ3v) is 5.26. The van der Waals surface area contributed by atoms with Crippen LogP contribution < -0.4 is 0 Å². The number of hydrogen-bond acceptors (Lipinski definition) is 0. The van der Waals surface area contributed by atoms with Gasteiger partial charge in [-0.25, -0.2) is 0 Å². The Morgan fingerprint density at radius 2 is 1.65 bits per heavy atom. The monoisotopic (exact) mass is 350 g/mol. The molecule has 20 heavy (non-hydrogen) atoms. The minimum absolute atomic E-state index is 0.121. The van der Waals surface area contributed by atoms with E-state index in [0.29, 0.717) is 0 Å². The first-order valence-electron chi connectivity index (χ1n) is 6.94. The van der Waals surface area contributed by atoms with Gasteiger partial charge in [0.25, 0.3) is 0 Å². The van der Waals surface area contributed by atoms with Gasteiger partial charge in [-0.15, -0.1) is 11.6 Å². The number of benzene rings is 2.